The molecule has 1 aliphatic carbocycles. The van der Waals surface area contributed by atoms with E-state index in [1.54, 1.807) is 13.8 Å². The zero-order valence-corrected chi connectivity index (χ0v) is 29.4. The summed E-state index contributed by atoms with van der Waals surface area (Å²) < 4.78 is 62.5. The summed E-state index contributed by atoms with van der Waals surface area (Å²) in [6, 6.07) is 3.87. The monoisotopic (exact) mass is 782 g/mol. The van der Waals surface area contributed by atoms with Gasteiger partial charge in [-0.1, -0.05) is 37.0 Å². The highest BCUT2D eigenvalue weighted by Gasteiger charge is 2.44. The van der Waals surface area contributed by atoms with Gasteiger partial charge in [0, 0.05) is 24.0 Å². The van der Waals surface area contributed by atoms with E-state index in [0.717, 1.165) is 0 Å². The molecule has 2 aromatic heterocycles. The molecule has 3 aromatic rings. The van der Waals surface area contributed by atoms with Crippen molar-refractivity contribution in [2.45, 2.75) is 31.9 Å². The van der Waals surface area contributed by atoms with Crippen molar-refractivity contribution in [3.05, 3.63) is 58.1 Å². The van der Waals surface area contributed by atoms with Crippen molar-refractivity contribution in [2.24, 2.45) is 4.99 Å². The minimum atomic E-state index is -5.80. The van der Waals surface area contributed by atoms with Gasteiger partial charge in [0.15, 0.2) is 11.5 Å². The Morgan fingerprint density at radius 2 is 1.73 bits per heavy atom. The number of carbonyl (C=O) groups excluding carboxylic acids is 1. The molecule has 0 amide bonds. The molecule has 0 saturated heterocycles. The lowest BCUT2D eigenvalue weighted by Crippen LogP contribution is -2.32. The molecule has 0 saturated carbocycles. The summed E-state index contributed by atoms with van der Waals surface area (Å²) in [6.07, 6.45) is 3.03. The maximum Gasteiger partial charge on any atom is 0.536 e. The fraction of sp³-hybridized carbons (Fsp3) is 0.320. The number of rotatable bonds is 14. The summed E-state index contributed by atoms with van der Waals surface area (Å²) in [5.74, 6) is -0.852. The smallest absolute Gasteiger partial charge is 0.404 e. The Kier molecular flexibility index (Phi) is 10.7. The molecule has 19 nitrogen and oxygen atoms in total. The lowest BCUT2D eigenvalue weighted by atomic mass is 9.71. The van der Waals surface area contributed by atoms with Crippen LogP contribution in [0.25, 0.3) is 11.2 Å². The van der Waals surface area contributed by atoms with Crippen LogP contribution in [0.3, 0.4) is 0 Å². The number of aromatic nitrogens is 4. The first-order valence-electron chi connectivity index (χ1n) is 13.8. The Bertz CT molecular complexity index is 2070. The third-order valence-corrected chi connectivity index (χ3v) is 11.9. The van der Waals surface area contributed by atoms with Crippen LogP contribution in [0.4, 0.5) is 11.5 Å². The van der Waals surface area contributed by atoms with E-state index in [9.17, 15) is 38.3 Å². The molecule has 2 aliphatic rings. The number of halogens is 2. The van der Waals surface area contributed by atoms with Crippen molar-refractivity contribution in [1.82, 2.24) is 19.5 Å². The van der Waals surface area contributed by atoms with E-state index >= 15 is 0 Å². The van der Waals surface area contributed by atoms with Crippen molar-refractivity contribution in [2.75, 3.05) is 25.6 Å². The number of aliphatic hydroxyl groups excluding tert-OH is 1. The number of hydrogen-bond donors (Lipinski definition) is 5. The summed E-state index contributed by atoms with van der Waals surface area (Å²) in [6.45, 7) is 1.95. The second-order valence-corrected chi connectivity index (χ2v) is 16.1. The molecule has 0 radical (unpaired) electrons. The number of allylic oxidation sites excluding steroid dienone is 4. The van der Waals surface area contributed by atoms with Gasteiger partial charge in [0.2, 0.25) is 5.78 Å². The number of nitrogens with zero attached hydrogens (tertiary/aromatic N) is 5. The molecule has 49 heavy (non-hydrogen) atoms. The third kappa shape index (κ3) is 8.21. The Balaban J connectivity index is 1.20. The minimum Gasteiger partial charge on any atom is -0.404 e. The summed E-state index contributed by atoms with van der Waals surface area (Å²) in [5.41, 5.74) is 6.78. The number of nitrogen functional groups attached to an aromatic ring is 1. The third-order valence-electron chi connectivity index (χ3n) is 7.02. The van der Waals surface area contributed by atoms with Gasteiger partial charge in [-0.25, -0.2) is 33.6 Å². The van der Waals surface area contributed by atoms with Crippen LogP contribution < -0.4 is 10.3 Å². The number of nitrogens with two attached hydrogens (primary N) is 1. The van der Waals surface area contributed by atoms with E-state index in [-0.39, 0.29) is 45.8 Å². The number of aliphatic hydroxyl groups is 1. The van der Waals surface area contributed by atoms with Gasteiger partial charge in [0.1, 0.15) is 23.8 Å². The lowest BCUT2D eigenvalue weighted by molar-refractivity contribution is -0.111. The predicted molar refractivity (Wildman–Crippen MR) is 173 cm³/mol. The first kappa shape index (κ1) is 37.4. The summed E-state index contributed by atoms with van der Waals surface area (Å²) >= 11 is 12.3. The number of phosphoric acid groups is 3. The summed E-state index contributed by atoms with van der Waals surface area (Å²) in [4.78, 5) is 59.1. The number of ether oxygens (including phenoxy) is 1. The number of aliphatic imine (C=N–C) groups is 1. The number of benzene rings is 1. The first-order chi connectivity index (χ1) is 22.8. The van der Waals surface area contributed by atoms with Crippen molar-refractivity contribution >= 4 is 80.8 Å². The SMILES string of the molecule is CC1(C)C2=C(Cl)C(=O)C(Cl)=CC2=Nc2ccc(OP(=O)(O)OP(=O)(O)OP(=O)(O)OCCO[C@@H](CCO)n3cnc4c(N)ncnc43)cc21. The summed E-state index contributed by atoms with van der Waals surface area (Å²) in [7, 11) is -16.7. The number of fused-ring (bicyclic) bond motifs is 3. The van der Waals surface area contributed by atoms with E-state index < -0.39 is 54.1 Å². The molecule has 5 rings (SSSR count). The van der Waals surface area contributed by atoms with Gasteiger partial charge in [-0.2, -0.15) is 8.62 Å². The molecule has 24 heteroatoms. The van der Waals surface area contributed by atoms with Gasteiger partial charge in [0.05, 0.1) is 41.0 Å². The van der Waals surface area contributed by atoms with Crippen LogP contribution in [0.2, 0.25) is 0 Å². The summed E-state index contributed by atoms with van der Waals surface area (Å²) in [5, 5.41) is 9.15. The number of hydrogen-bond acceptors (Lipinski definition) is 15. The number of anilines is 1. The van der Waals surface area contributed by atoms with Crippen LogP contribution in [0.15, 0.2) is 57.6 Å². The van der Waals surface area contributed by atoms with Crippen LogP contribution in [0.1, 0.15) is 32.1 Å². The molecule has 4 atom stereocenters. The van der Waals surface area contributed by atoms with Crippen LogP contribution in [0, 0.1) is 0 Å². The highest BCUT2D eigenvalue weighted by Crippen LogP contribution is 2.67. The Labute approximate surface area is 286 Å². The normalized spacial score (nSPS) is 20.0. The number of phosphoric ester groups is 2. The molecule has 264 valence electrons. The highest BCUT2D eigenvalue weighted by atomic mass is 35.5. The molecule has 0 fully saturated rings. The molecule has 1 aromatic carbocycles. The second-order valence-electron chi connectivity index (χ2n) is 10.7. The van der Waals surface area contributed by atoms with E-state index in [1.807, 2.05) is 0 Å². The minimum absolute atomic E-state index is 0.0294. The van der Waals surface area contributed by atoms with Gasteiger partial charge in [-0.05, 0) is 29.8 Å². The zero-order chi connectivity index (χ0) is 35.9. The van der Waals surface area contributed by atoms with Gasteiger partial charge in [0.25, 0.3) is 0 Å². The predicted octanol–water partition coefficient (Wildman–Crippen LogP) is 4.30. The second kappa shape index (κ2) is 14.0. The standard InChI is InChI=1S/C25H27Cl2N6O13P3/c1-25(2)14-9-13(3-4-16(14)32-17-10-15(26)22(35)20(27)19(17)25)44-48(38,39)46-49(40,41)45-47(36,37)43-8-7-42-18(5-6-34)33-12-31-21-23(28)29-11-30-24(21)33/h3-4,9-12,18,34H,5-8H2,1-2H3,(H,36,37)(H,38,39)(H,40,41)(H2,28,29,30)/t18-/m0/s1. The van der Waals surface area contributed by atoms with Crippen molar-refractivity contribution < 1.29 is 60.7 Å². The van der Waals surface area contributed by atoms with Crippen molar-refractivity contribution in [3.63, 3.8) is 0 Å². The van der Waals surface area contributed by atoms with E-state index in [4.69, 9.17) is 38.2 Å². The quantitative estimate of drug-likeness (QED) is 0.0866. The molecule has 3 unspecified atom stereocenters. The molecule has 3 heterocycles. The van der Waals surface area contributed by atoms with Crippen molar-refractivity contribution in [3.8, 4) is 5.75 Å². The maximum atomic E-state index is 12.7. The highest BCUT2D eigenvalue weighted by molar-refractivity contribution is 7.67. The lowest BCUT2D eigenvalue weighted by Gasteiger charge is -2.36. The van der Waals surface area contributed by atoms with E-state index in [1.165, 1.54) is 41.5 Å². The Hall–Kier alpha value is -2.86. The number of Topliss-reactive ketones (excluding diaryl/α,β-unsaturated/α-hetero) is 1. The zero-order valence-electron chi connectivity index (χ0n) is 25.2. The molecule has 0 bridgehead atoms. The van der Waals surface area contributed by atoms with Crippen molar-refractivity contribution in [1.29, 1.82) is 0 Å². The molecule has 6 N–H and O–H groups in total. The largest absolute Gasteiger partial charge is 0.536 e. The number of carbonyl (C=O) groups is 1. The first-order valence-corrected chi connectivity index (χ1v) is 19.0. The fourth-order valence-corrected chi connectivity index (χ4v) is 9.15. The molecule has 1 aliphatic heterocycles. The van der Waals surface area contributed by atoms with Gasteiger partial charge in [-0.15, -0.1) is 0 Å². The van der Waals surface area contributed by atoms with Crippen LogP contribution in [-0.2, 0) is 41.8 Å². The van der Waals surface area contributed by atoms with Crippen LogP contribution in [0.5, 0.6) is 5.75 Å². The average Bonchev–Trinajstić information content (AvgIpc) is 3.41. The van der Waals surface area contributed by atoms with Gasteiger partial charge >= 0.3 is 23.5 Å². The van der Waals surface area contributed by atoms with Gasteiger partial charge < -0.3 is 29.9 Å². The number of ketones is 1. The molecular weight excluding hydrogens is 756 g/mol. The van der Waals surface area contributed by atoms with E-state index in [2.05, 4.69) is 33.1 Å². The topological polar surface area (TPSA) is 277 Å². The molecular formula is C25H27Cl2N6O13P3. The fourth-order valence-electron chi connectivity index (χ4n) is 4.99. The average molecular weight is 783 g/mol. The number of imidazole rings is 1. The van der Waals surface area contributed by atoms with Crippen LogP contribution in [-0.4, -0.2) is 70.6 Å². The molecule has 0 spiro atoms. The maximum absolute atomic E-state index is 12.7. The Morgan fingerprint density at radius 1 is 1.02 bits per heavy atom. The Morgan fingerprint density at radius 3 is 2.45 bits per heavy atom. The van der Waals surface area contributed by atoms with Gasteiger partial charge in [-0.3, -0.25) is 18.8 Å². The van der Waals surface area contributed by atoms with E-state index in [0.29, 0.717) is 22.5 Å². The van der Waals surface area contributed by atoms with Crippen LogP contribution >= 0.6 is 46.7 Å².